The average molecular weight is 687 g/mol. The highest BCUT2D eigenvalue weighted by molar-refractivity contribution is 7.45. The van der Waals surface area contributed by atoms with Gasteiger partial charge in [0.1, 0.15) is 13.2 Å². The lowest BCUT2D eigenvalue weighted by molar-refractivity contribution is -0.870. The van der Waals surface area contributed by atoms with Gasteiger partial charge >= 0.3 is 0 Å². The highest BCUT2D eigenvalue weighted by Crippen LogP contribution is 2.38. The maximum Gasteiger partial charge on any atom is 0.268 e. The number of aliphatic hydroxyl groups is 1. The van der Waals surface area contributed by atoms with Gasteiger partial charge < -0.3 is 28.8 Å². The van der Waals surface area contributed by atoms with E-state index in [0.29, 0.717) is 23.9 Å². The molecule has 0 spiro atoms. The Morgan fingerprint density at radius 1 is 0.723 bits per heavy atom. The molecule has 0 aliphatic rings. The van der Waals surface area contributed by atoms with E-state index in [1.807, 2.05) is 27.2 Å². The molecule has 0 radical (unpaired) electrons. The fraction of sp³-hybridized carbons (Fsp3) is 0.868. The second-order valence-electron chi connectivity index (χ2n) is 14.3. The van der Waals surface area contributed by atoms with Crippen molar-refractivity contribution in [3.05, 3.63) is 24.3 Å². The van der Waals surface area contributed by atoms with E-state index in [0.717, 1.165) is 32.1 Å². The highest BCUT2D eigenvalue weighted by atomic mass is 31.2. The molecule has 0 bridgehead atoms. The first-order valence-corrected chi connectivity index (χ1v) is 20.7. The number of rotatable bonds is 34. The lowest BCUT2D eigenvalue weighted by Gasteiger charge is -2.29. The van der Waals surface area contributed by atoms with E-state index in [2.05, 4.69) is 31.3 Å². The van der Waals surface area contributed by atoms with Crippen LogP contribution < -0.4 is 10.2 Å². The van der Waals surface area contributed by atoms with Gasteiger partial charge in [-0.1, -0.05) is 141 Å². The summed E-state index contributed by atoms with van der Waals surface area (Å²) in [5.41, 5.74) is 0. The molecule has 0 aromatic heterocycles. The molecular weight excluding hydrogens is 611 g/mol. The lowest BCUT2D eigenvalue weighted by atomic mass is 10.0. The van der Waals surface area contributed by atoms with E-state index in [1.165, 1.54) is 103 Å². The van der Waals surface area contributed by atoms with Crippen molar-refractivity contribution in [3.63, 3.8) is 0 Å². The molecule has 0 saturated heterocycles. The Hall–Kier alpha value is -1.02. The second kappa shape index (κ2) is 31.0. The maximum absolute atomic E-state index is 12.7. The van der Waals surface area contributed by atoms with Gasteiger partial charge in [-0.05, 0) is 38.5 Å². The van der Waals surface area contributed by atoms with Crippen LogP contribution in [-0.4, -0.2) is 68.5 Å². The van der Waals surface area contributed by atoms with E-state index in [1.54, 1.807) is 6.08 Å². The Morgan fingerprint density at radius 3 is 1.68 bits per heavy atom. The van der Waals surface area contributed by atoms with Gasteiger partial charge in [-0.2, -0.15) is 0 Å². The number of quaternary nitrogens is 1. The Bertz CT molecular complexity index is 829. The van der Waals surface area contributed by atoms with Gasteiger partial charge in [0.25, 0.3) is 7.82 Å². The zero-order valence-electron chi connectivity index (χ0n) is 31.2. The SMILES string of the molecule is CCCCCC/C=C\CCCC(=O)NC(COP(=O)([O-])OCC[N+](C)(C)C)C(O)/C=C/CCCCCCCCCCCCCCCC. The number of nitrogens with one attached hydrogen (secondary N) is 1. The maximum atomic E-state index is 12.7. The summed E-state index contributed by atoms with van der Waals surface area (Å²) in [5.74, 6) is -0.235. The van der Waals surface area contributed by atoms with E-state index >= 15 is 0 Å². The van der Waals surface area contributed by atoms with Crippen molar-refractivity contribution in [1.82, 2.24) is 5.32 Å². The summed E-state index contributed by atoms with van der Waals surface area (Å²) in [6, 6.07) is -0.895. The molecular formula is C38H75N2O6P. The van der Waals surface area contributed by atoms with Gasteiger partial charge in [0.05, 0.1) is 39.9 Å². The molecule has 3 unspecified atom stereocenters. The van der Waals surface area contributed by atoms with Gasteiger partial charge in [0, 0.05) is 6.42 Å². The second-order valence-corrected chi connectivity index (χ2v) is 15.7. The first kappa shape index (κ1) is 46.0. The number of carbonyl (C=O) groups excluding carboxylic acids is 1. The van der Waals surface area contributed by atoms with Crippen LogP contribution in [0.25, 0.3) is 0 Å². The van der Waals surface area contributed by atoms with Crippen LogP contribution in [0.3, 0.4) is 0 Å². The number of hydrogen-bond donors (Lipinski definition) is 2. The van der Waals surface area contributed by atoms with Crippen molar-refractivity contribution in [2.45, 2.75) is 174 Å². The van der Waals surface area contributed by atoms with Crippen LogP contribution in [0.5, 0.6) is 0 Å². The quantitative estimate of drug-likeness (QED) is 0.0303. The molecule has 1 amide bonds. The van der Waals surface area contributed by atoms with Crippen LogP contribution >= 0.6 is 7.82 Å². The summed E-state index contributed by atoms with van der Waals surface area (Å²) in [6.07, 6.45) is 33.7. The number of unbranched alkanes of at least 4 members (excludes halogenated alkanes) is 19. The third-order valence-electron chi connectivity index (χ3n) is 8.41. The molecule has 0 fully saturated rings. The van der Waals surface area contributed by atoms with Gasteiger partial charge in [0.2, 0.25) is 5.91 Å². The first-order valence-electron chi connectivity index (χ1n) is 19.2. The number of aliphatic hydroxyl groups excluding tert-OH is 1. The number of nitrogens with zero attached hydrogens (tertiary/aromatic N) is 1. The zero-order chi connectivity index (χ0) is 35.1. The smallest absolute Gasteiger partial charge is 0.268 e. The summed E-state index contributed by atoms with van der Waals surface area (Å²) in [6.45, 7) is 4.57. The fourth-order valence-corrected chi connectivity index (χ4v) is 5.99. The molecule has 0 aromatic carbocycles. The molecule has 2 N–H and O–H groups in total. The lowest BCUT2D eigenvalue weighted by Crippen LogP contribution is -2.45. The number of carbonyl (C=O) groups is 1. The average Bonchev–Trinajstić information content (AvgIpc) is 3.01. The Balaban J connectivity index is 4.52. The largest absolute Gasteiger partial charge is 0.756 e. The van der Waals surface area contributed by atoms with E-state index in [-0.39, 0.29) is 19.1 Å². The van der Waals surface area contributed by atoms with E-state index < -0.39 is 20.0 Å². The highest BCUT2D eigenvalue weighted by Gasteiger charge is 2.23. The number of amides is 1. The molecule has 3 atom stereocenters. The Kier molecular flexibility index (Phi) is 30.3. The molecule has 0 aliphatic heterocycles. The number of allylic oxidation sites excluding steroid dienone is 3. The Labute approximate surface area is 290 Å². The van der Waals surface area contributed by atoms with Crippen LogP contribution in [-0.2, 0) is 18.4 Å². The van der Waals surface area contributed by atoms with Crippen LogP contribution in [0, 0.1) is 0 Å². The fourth-order valence-electron chi connectivity index (χ4n) is 5.27. The molecule has 0 aliphatic carbocycles. The summed E-state index contributed by atoms with van der Waals surface area (Å²) >= 11 is 0. The van der Waals surface area contributed by atoms with E-state index in [4.69, 9.17) is 9.05 Å². The van der Waals surface area contributed by atoms with Crippen molar-refractivity contribution in [2.24, 2.45) is 0 Å². The molecule has 9 heteroatoms. The van der Waals surface area contributed by atoms with Crippen molar-refractivity contribution >= 4 is 13.7 Å². The summed E-state index contributed by atoms with van der Waals surface area (Å²) in [7, 11) is 1.24. The standard InChI is InChI=1S/C38H75N2O6P/c1-6-8-10-12-14-16-17-18-19-20-21-22-24-25-27-29-31-37(41)36(35-46-47(43,44)45-34-33-40(3,4)5)39-38(42)32-30-28-26-23-15-13-11-9-7-2/h23,26,29,31,36-37,41H,6-22,24-25,27-28,30,32-35H2,1-5H3,(H-,39,42,43,44)/b26-23-,31-29+. The number of phosphoric ester groups is 1. The third-order valence-corrected chi connectivity index (χ3v) is 9.37. The first-order chi connectivity index (χ1) is 22.5. The van der Waals surface area contributed by atoms with E-state index in [9.17, 15) is 19.4 Å². The number of phosphoric acid groups is 1. The number of hydrogen-bond acceptors (Lipinski definition) is 6. The molecule has 0 saturated carbocycles. The van der Waals surface area contributed by atoms with Gasteiger partial charge in [-0.25, -0.2) is 0 Å². The van der Waals surface area contributed by atoms with Crippen molar-refractivity contribution in [1.29, 1.82) is 0 Å². The minimum absolute atomic E-state index is 0.00489. The third kappa shape index (κ3) is 33.3. The van der Waals surface area contributed by atoms with Gasteiger partial charge in [-0.15, -0.1) is 0 Å². The van der Waals surface area contributed by atoms with Crippen LogP contribution in [0.2, 0.25) is 0 Å². The Morgan fingerprint density at radius 2 is 1.17 bits per heavy atom. The van der Waals surface area contributed by atoms with Gasteiger partial charge in [0.15, 0.2) is 0 Å². The molecule has 0 heterocycles. The predicted octanol–water partition coefficient (Wildman–Crippen LogP) is 9.16. The minimum Gasteiger partial charge on any atom is -0.756 e. The number of likely N-dealkylation sites (N-methyl/N-ethyl adjacent to an activating group) is 1. The van der Waals surface area contributed by atoms with Crippen molar-refractivity contribution < 1.29 is 32.9 Å². The summed E-state index contributed by atoms with van der Waals surface area (Å²) < 4.78 is 23.0. The monoisotopic (exact) mass is 687 g/mol. The molecule has 8 nitrogen and oxygen atoms in total. The molecule has 0 aromatic rings. The topological polar surface area (TPSA) is 108 Å². The molecule has 278 valence electrons. The summed E-state index contributed by atoms with van der Waals surface area (Å²) in [4.78, 5) is 25.0. The van der Waals surface area contributed by atoms with Crippen molar-refractivity contribution in [3.8, 4) is 0 Å². The van der Waals surface area contributed by atoms with Crippen molar-refractivity contribution in [2.75, 3.05) is 40.9 Å². The molecule has 0 rings (SSSR count). The zero-order valence-corrected chi connectivity index (χ0v) is 32.1. The molecule has 47 heavy (non-hydrogen) atoms. The van der Waals surface area contributed by atoms with Crippen LogP contribution in [0.1, 0.15) is 162 Å². The van der Waals surface area contributed by atoms with Gasteiger partial charge in [-0.3, -0.25) is 9.36 Å². The van der Waals surface area contributed by atoms with Crippen LogP contribution in [0.4, 0.5) is 0 Å². The minimum atomic E-state index is -4.58. The normalized spacial score (nSPS) is 15.0. The predicted molar refractivity (Wildman–Crippen MR) is 196 cm³/mol. The van der Waals surface area contributed by atoms with Crippen LogP contribution in [0.15, 0.2) is 24.3 Å². The summed E-state index contributed by atoms with van der Waals surface area (Å²) in [5, 5.41) is 13.6.